The van der Waals surface area contributed by atoms with Crippen molar-refractivity contribution in [1.82, 2.24) is 5.32 Å². The largest absolute Gasteiger partial charge is 0.504 e. The van der Waals surface area contributed by atoms with E-state index in [9.17, 15) is 15.0 Å². The third-order valence-corrected chi connectivity index (χ3v) is 3.79. The van der Waals surface area contributed by atoms with Crippen LogP contribution in [-0.2, 0) is 4.79 Å². The number of carboxylic acids is 1. The molecule has 0 aliphatic heterocycles. The Kier molecular flexibility index (Phi) is 4.84. The van der Waals surface area contributed by atoms with Gasteiger partial charge in [0.1, 0.15) is 6.04 Å². The molecule has 2 rings (SSSR count). The number of carboxylic acid groups (broad SMARTS) is 1. The molecular formula is C15H21NO4. The number of methoxy groups -OCH3 is 1. The molecule has 1 saturated carbocycles. The van der Waals surface area contributed by atoms with Crippen LogP contribution < -0.4 is 10.1 Å². The topological polar surface area (TPSA) is 78.8 Å². The van der Waals surface area contributed by atoms with E-state index in [0.29, 0.717) is 11.3 Å². The second-order valence-corrected chi connectivity index (χ2v) is 5.20. The number of aliphatic carboxylic acids is 1. The fraction of sp³-hybridized carbons (Fsp3) is 0.533. The van der Waals surface area contributed by atoms with Gasteiger partial charge in [-0.05, 0) is 30.5 Å². The molecule has 20 heavy (non-hydrogen) atoms. The molecule has 0 aromatic heterocycles. The maximum absolute atomic E-state index is 11.5. The molecule has 0 heterocycles. The lowest BCUT2D eigenvalue weighted by atomic mass is 9.94. The van der Waals surface area contributed by atoms with Crippen LogP contribution in [0.4, 0.5) is 0 Å². The van der Waals surface area contributed by atoms with E-state index < -0.39 is 12.0 Å². The van der Waals surface area contributed by atoms with E-state index in [-0.39, 0.29) is 11.8 Å². The van der Waals surface area contributed by atoms with Gasteiger partial charge in [-0.15, -0.1) is 0 Å². The van der Waals surface area contributed by atoms with Gasteiger partial charge in [-0.25, -0.2) is 0 Å². The second-order valence-electron chi connectivity index (χ2n) is 5.20. The van der Waals surface area contributed by atoms with Crippen LogP contribution in [0.5, 0.6) is 11.5 Å². The lowest BCUT2D eigenvalue weighted by Crippen LogP contribution is -2.38. The number of benzene rings is 1. The predicted molar refractivity (Wildman–Crippen MR) is 75.0 cm³/mol. The SMILES string of the molecule is COc1cc(C(NC2CCCCC2)C(=O)O)ccc1O. The van der Waals surface area contributed by atoms with Gasteiger partial charge in [-0.2, -0.15) is 0 Å². The third-order valence-electron chi connectivity index (χ3n) is 3.79. The van der Waals surface area contributed by atoms with Crippen molar-refractivity contribution in [2.75, 3.05) is 7.11 Å². The summed E-state index contributed by atoms with van der Waals surface area (Å²) in [5, 5.41) is 22.2. The van der Waals surface area contributed by atoms with Crippen LogP contribution in [0.25, 0.3) is 0 Å². The first-order chi connectivity index (χ1) is 9.61. The Morgan fingerprint density at radius 3 is 2.65 bits per heavy atom. The summed E-state index contributed by atoms with van der Waals surface area (Å²) in [6, 6.07) is 4.13. The molecule has 1 fully saturated rings. The number of rotatable bonds is 5. The first-order valence-electron chi connectivity index (χ1n) is 6.97. The van der Waals surface area contributed by atoms with E-state index in [1.807, 2.05) is 0 Å². The van der Waals surface area contributed by atoms with E-state index >= 15 is 0 Å². The normalized spacial score (nSPS) is 17.6. The van der Waals surface area contributed by atoms with Gasteiger partial charge in [-0.1, -0.05) is 25.3 Å². The Bertz CT molecular complexity index is 469. The number of nitrogens with one attached hydrogen (secondary N) is 1. The van der Waals surface area contributed by atoms with Crippen molar-refractivity contribution in [3.8, 4) is 11.5 Å². The summed E-state index contributed by atoms with van der Waals surface area (Å²) in [7, 11) is 1.45. The van der Waals surface area contributed by atoms with E-state index in [1.165, 1.54) is 19.6 Å². The van der Waals surface area contributed by atoms with Gasteiger partial charge in [0.25, 0.3) is 0 Å². The number of carbonyl (C=O) groups is 1. The molecule has 0 radical (unpaired) electrons. The first kappa shape index (κ1) is 14.7. The molecule has 5 heteroatoms. The summed E-state index contributed by atoms with van der Waals surface area (Å²) in [5.41, 5.74) is 0.595. The van der Waals surface area contributed by atoms with Crippen molar-refractivity contribution in [2.45, 2.75) is 44.2 Å². The van der Waals surface area contributed by atoms with Crippen LogP contribution >= 0.6 is 0 Å². The standard InChI is InChI=1S/C15H21NO4/c1-20-13-9-10(7-8-12(13)17)14(15(18)19)16-11-5-3-2-4-6-11/h7-9,11,14,16-17H,2-6H2,1H3,(H,18,19). The number of phenols is 1. The lowest BCUT2D eigenvalue weighted by molar-refractivity contribution is -0.140. The molecule has 1 aliphatic carbocycles. The van der Waals surface area contributed by atoms with Crippen molar-refractivity contribution in [3.63, 3.8) is 0 Å². The van der Waals surface area contributed by atoms with E-state index in [4.69, 9.17) is 4.74 Å². The molecule has 0 spiro atoms. The van der Waals surface area contributed by atoms with Crippen LogP contribution in [0, 0.1) is 0 Å². The summed E-state index contributed by atoms with van der Waals surface area (Å²) < 4.78 is 5.03. The highest BCUT2D eigenvalue weighted by atomic mass is 16.5. The van der Waals surface area contributed by atoms with Crippen LogP contribution in [0.15, 0.2) is 18.2 Å². The monoisotopic (exact) mass is 279 g/mol. The second kappa shape index (κ2) is 6.61. The summed E-state index contributed by atoms with van der Waals surface area (Å²) in [6.07, 6.45) is 5.53. The Morgan fingerprint density at radius 2 is 2.05 bits per heavy atom. The predicted octanol–water partition coefficient (Wildman–Crippen LogP) is 2.45. The average molecular weight is 279 g/mol. The van der Waals surface area contributed by atoms with Gasteiger partial charge in [-0.3, -0.25) is 10.1 Å². The number of hydrogen-bond donors (Lipinski definition) is 3. The van der Waals surface area contributed by atoms with Gasteiger partial charge in [0.2, 0.25) is 0 Å². The van der Waals surface area contributed by atoms with Crippen LogP contribution in [0.2, 0.25) is 0 Å². The molecule has 1 aliphatic rings. The Balaban J connectivity index is 2.17. The highest BCUT2D eigenvalue weighted by molar-refractivity contribution is 5.76. The van der Waals surface area contributed by atoms with E-state index in [0.717, 1.165) is 25.7 Å². The Morgan fingerprint density at radius 1 is 1.35 bits per heavy atom. The van der Waals surface area contributed by atoms with Gasteiger partial charge in [0.05, 0.1) is 7.11 Å². The maximum Gasteiger partial charge on any atom is 0.325 e. The van der Waals surface area contributed by atoms with Crippen molar-refractivity contribution in [2.24, 2.45) is 0 Å². The summed E-state index contributed by atoms with van der Waals surface area (Å²) in [5.74, 6) is -0.611. The Labute approximate surface area is 118 Å². The quantitative estimate of drug-likeness (QED) is 0.771. The van der Waals surface area contributed by atoms with Crippen molar-refractivity contribution >= 4 is 5.97 Å². The highest BCUT2D eigenvalue weighted by Gasteiger charge is 2.25. The molecule has 110 valence electrons. The van der Waals surface area contributed by atoms with Crippen molar-refractivity contribution in [1.29, 1.82) is 0 Å². The number of ether oxygens (including phenoxy) is 1. The van der Waals surface area contributed by atoms with Crippen LogP contribution in [0.1, 0.15) is 43.7 Å². The minimum absolute atomic E-state index is 0.0121. The molecule has 1 aromatic carbocycles. The van der Waals surface area contributed by atoms with E-state index in [2.05, 4.69) is 5.32 Å². The molecule has 1 atom stereocenters. The Hall–Kier alpha value is -1.75. The molecule has 3 N–H and O–H groups in total. The van der Waals surface area contributed by atoms with E-state index in [1.54, 1.807) is 12.1 Å². The summed E-state index contributed by atoms with van der Waals surface area (Å²) in [4.78, 5) is 11.5. The molecule has 0 saturated heterocycles. The lowest BCUT2D eigenvalue weighted by Gasteiger charge is -2.27. The first-order valence-corrected chi connectivity index (χ1v) is 6.97. The van der Waals surface area contributed by atoms with Gasteiger partial charge < -0.3 is 14.9 Å². The maximum atomic E-state index is 11.5. The van der Waals surface area contributed by atoms with Crippen LogP contribution in [0.3, 0.4) is 0 Å². The number of hydrogen-bond acceptors (Lipinski definition) is 4. The molecular weight excluding hydrogens is 258 g/mol. The zero-order valence-corrected chi connectivity index (χ0v) is 11.6. The summed E-state index contributed by atoms with van der Waals surface area (Å²) >= 11 is 0. The minimum Gasteiger partial charge on any atom is -0.504 e. The molecule has 1 aromatic rings. The fourth-order valence-corrected chi connectivity index (χ4v) is 2.69. The highest BCUT2D eigenvalue weighted by Crippen LogP contribution is 2.30. The molecule has 0 amide bonds. The zero-order valence-electron chi connectivity index (χ0n) is 11.6. The fourth-order valence-electron chi connectivity index (χ4n) is 2.69. The molecule has 0 bridgehead atoms. The van der Waals surface area contributed by atoms with Crippen molar-refractivity contribution < 1.29 is 19.7 Å². The third kappa shape index (κ3) is 3.42. The summed E-state index contributed by atoms with van der Waals surface area (Å²) in [6.45, 7) is 0. The zero-order chi connectivity index (χ0) is 14.5. The average Bonchev–Trinajstić information content (AvgIpc) is 2.46. The van der Waals surface area contributed by atoms with Crippen LogP contribution in [-0.4, -0.2) is 29.3 Å². The molecule has 5 nitrogen and oxygen atoms in total. The van der Waals surface area contributed by atoms with Gasteiger partial charge in [0.15, 0.2) is 11.5 Å². The number of phenolic OH excluding ortho intramolecular Hbond substituents is 1. The minimum atomic E-state index is -0.914. The number of aromatic hydroxyl groups is 1. The molecule has 1 unspecified atom stereocenters. The van der Waals surface area contributed by atoms with Gasteiger partial charge in [0, 0.05) is 6.04 Å². The van der Waals surface area contributed by atoms with Gasteiger partial charge >= 0.3 is 5.97 Å². The smallest absolute Gasteiger partial charge is 0.325 e. The van der Waals surface area contributed by atoms with Crippen molar-refractivity contribution in [3.05, 3.63) is 23.8 Å².